The summed E-state index contributed by atoms with van der Waals surface area (Å²) >= 11 is 0. The monoisotopic (exact) mass is 352 g/mol. The zero-order chi connectivity index (χ0) is 18.5. The zero-order valence-corrected chi connectivity index (χ0v) is 14.1. The molecule has 132 valence electrons. The van der Waals surface area contributed by atoms with Gasteiger partial charge in [-0.05, 0) is 12.1 Å². The van der Waals surface area contributed by atoms with Crippen molar-refractivity contribution in [3.63, 3.8) is 0 Å². The van der Waals surface area contributed by atoms with E-state index >= 15 is 0 Å². The molecule has 0 saturated carbocycles. The lowest BCUT2D eigenvalue weighted by molar-refractivity contribution is 0.281. The molecule has 0 saturated heterocycles. The first kappa shape index (κ1) is 17.3. The van der Waals surface area contributed by atoms with Gasteiger partial charge in [0.15, 0.2) is 5.56 Å². The molecule has 3 aromatic rings. The molecule has 26 heavy (non-hydrogen) atoms. The summed E-state index contributed by atoms with van der Waals surface area (Å²) in [4.78, 5) is 0. The van der Waals surface area contributed by atoms with Gasteiger partial charge < -0.3 is 15.2 Å². The van der Waals surface area contributed by atoms with Gasteiger partial charge in [0.25, 0.3) is 5.88 Å². The molecule has 3 rings (SSSR count). The molecule has 0 spiro atoms. The Bertz CT molecular complexity index is 962. The van der Waals surface area contributed by atoms with Crippen molar-refractivity contribution in [2.45, 2.75) is 13.2 Å². The van der Waals surface area contributed by atoms with Gasteiger partial charge >= 0.3 is 0 Å². The Labute approximate surface area is 150 Å². The average Bonchev–Trinajstić information content (AvgIpc) is 2.96. The highest BCUT2D eigenvalue weighted by atomic mass is 19.1. The van der Waals surface area contributed by atoms with Crippen molar-refractivity contribution in [3.8, 4) is 17.7 Å². The van der Waals surface area contributed by atoms with E-state index in [0.717, 1.165) is 5.56 Å². The summed E-state index contributed by atoms with van der Waals surface area (Å²) in [5.74, 6) is 0.542. The van der Waals surface area contributed by atoms with Gasteiger partial charge in [-0.1, -0.05) is 36.4 Å². The molecule has 0 aliphatic rings. The van der Waals surface area contributed by atoms with Gasteiger partial charge in [-0.15, -0.1) is 5.10 Å². The highest BCUT2D eigenvalue weighted by Gasteiger charge is 2.18. The number of nitrogens with two attached hydrogens (primary N) is 1. The largest absolute Gasteiger partial charge is 0.496 e. The Morgan fingerprint density at radius 2 is 1.85 bits per heavy atom. The number of nitriles is 1. The fourth-order valence-corrected chi connectivity index (χ4v) is 2.54. The summed E-state index contributed by atoms with van der Waals surface area (Å²) in [5.41, 5.74) is 7.34. The molecule has 0 fully saturated rings. The fourth-order valence-electron chi connectivity index (χ4n) is 2.54. The van der Waals surface area contributed by atoms with Crippen LogP contribution in [-0.4, -0.2) is 16.9 Å². The summed E-state index contributed by atoms with van der Waals surface area (Å²) in [7, 11) is 1.57. The molecule has 6 nitrogen and oxygen atoms in total. The van der Waals surface area contributed by atoms with Crippen molar-refractivity contribution in [1.29, 1.82) is 5.26 Å². The van der Waals surface area contributed by atoms with Crippen LogP contribution in [0.4, 0.5) is 10.2 Å². The lowest BCUT2D eigenvalue weighted by atomic mass is 10.2. The standard InChI is InChI=1S/C19H17FN4O2/c1-25-17-9-5-3-7-14(17)12-26-19-15(10-21)18(22)24(23-19)11-13-6-2-4-8-16(13)20/h2-9H,11-12,22H2,1H3. The summed E-state index contributed by atoms with van der Waals surface area (Å²) in [6, 6.07) is 15.7. The maximum atomic E-state index is 13.9. The predicted molar refractivity (Wildman–Crippen MR) is 94.2 cm³/mol. The first-order valence-electron chi connectivity index (χ1n) is 7.88. The Hall–Kier alpha value is -3.53. The first-order chi connectivity index (χ1) is 12.6. The molecule has 0 bridgehead atoms. The second kappa shape index (κ2) is 7.57. The number of benzene rings is 2. The molecule has 0 aliphatic carbocycles. The van der Waals surface area contributed by atoms with Gasteiger partial charge in [-0.2, -0.15) is 5.26 Å². The summed E-state index contributed by atoms with van der Waals surface area (Å²) in [5, 5.41) is 13.6. The second-order valence-corrected chi connectivity index (χ2v) is 5.53. The van der Waals surface area contributed by atoms with Crippen LogP contribution in [-0.2, 0) is 13.2 Å². The molecule has 2 aromatic carbocycles. The van der Waals surface area contributed by atoms with Crippen LogP contribution in [0.1, 0.15) is 16.7 Å². The Morgan fingerprint density at radius 3 is 2.54 bits per heavy atom. The van der Waals surface area contributed by atoms with Gasteiger partial charge in [-0.25, -0.2) is 9.07 Å². The van der Waals surface area contributed by atoms with Gasteiger partial charge in [0, 0.05) is 11.1 Å². The van der Waals surface area contributed by atoms with Crippen LogP contribution in [0.25, 0.3) is 0 Å². The van der Waals surface area contributed by atoms with Crippen molar-refractivity contribution in [2.75, 3.05) is 12.8 Å². The van der Waals surface area contributed by atoms with E-state index in [4.69, 9.17) is 15.2 Å². The van der Waals surface area contributed by atoms with E-state index in [2.05, 4.69) is 5.10 Å². The molecule has 0 atom stereocenters. The van der Waals surface area contributed by atoms with Crippen LogP contribution in [0.15, 0.2) is 48.5 Å². The maximum Gasteiger partial charge on any atom is 0.253 e. The molecular weight excluding hydrogens is 335 g/mol. The minimum Gasteiger partial charge on any atom is -0.496 e. The first-order valence-corrected chi connectivity index (χ1v) is 7.88. The summed E-state index contributed by atoms with van der Waals surface area (Å²) in [6.45, 7) is 0.264. The van der Waals surface area contributed by atoms with Gasteiger partial charge in [-0.3, -0.25) is 0 Å². The number of ether oxygens (including phenoxy) is 2. The quantitative estimate of drug-likeness (QED) is 0.737. The lowest BCUT2D eigenvalue weighted by Gasteiger charge is -2.08. The van der Waals surface area contributed by atoms with E-state index < -0.39 is 0 Å². The number of nitrogen functional groups attached to an aromatic ring is 1. The van der Waals surface area contributed by atoms with Crippen molar-refractivity contribution in [2.24, 2.45) is 0 Å². The Morgan fingerprint density at radius 1 is 1.15 bits per heavy atom. The number of hydrogen-bond donors (Lipinski definition) is 1. The van der Waals surface area contributed by atoms with Crippen molar-refractivity contribution in [3.05, 3.63) is 71.0 Å². The Kier molecular flexibility index (Phi) is 5.04. The third kappa shape index (κ3) is 3.44. The third-order valence-electron chi connectivity index (χ3n) is 3.91. The minimum atomic E-state index is -0.364. The van der Waals surface area contributed by atoms with E-state index in [-0.39, 0.29) is 36.2 Å². The molecule has 0 amide bonds. The number of halogens is 1. The van der Waals surface area contributed by atoms with Crippen LogP contribution >= 0.6 is 0 Å². The van der Waals surface area contributed by atoms with Gasteiger partial charge in [0.2, 0.25) is 0 Å². The van der Waals surface area contributed by atoms with Crippen LogP contribution in [0.5, 0.6) is 11.6 Å². The smallest absolute Gasteiger partial charge is 0.253 e. The second-order valence-electron chi connectivity index (χ2n) is 5.53. The van der Waals surface area contributed by atoms with Crippen LogP contribution < -0.4 is 15.2 Å². The number of hydrogen-bond acceptors (Lipinski definition) is 5. The third-order valence-corrected chi connectivity index (χ3v) is 3.91. The van der Waals surface area contributed by atoms with Gasteiger partial charge in [0.1, 0.15) is 30.1 Å². The highest BCUT2D eigenvalue weighted by Crippen LogP contribution is 2.26. The van der Waals surface area contributed by atoms with Crippen LogP contribution in [0, 0.1) is 17.1 Å². The minimum absolute atomic E-state index is 0.102. The molecule has 0 aliphatic heterocycles. The van der Waals surface area contributed by atoms with E-state index in [1.165, 1.54) is 10.7 Å². The molecule has 1 aromatic heterocycles. The number of anilines is 1. The lowest BCUT2D eigenvalue weighted by Crippen LogP contribution is -2.07. The molecule has 0 unspecified atom stereocenters. The van der Waals surface area contributed by atoms with E-state index in [0.29, 0.717) is 11.3 Å². The number of aromatic nitrogens is 2. The molecule has 2 N–H and O–H groups in total. The van der Waals surface area contributed by atoms with E-state index in [1.54, 1.807) is 25.3 Å². The SMILES string of the molecule is COc1ccccc1COc1nn(Cc2ccccc2F)c(N)c1C#N. The van der Waals surface area contributed by atoms with Crippen LogP contribution in [0.3, 0.4) is 0 Å². The number of para-hydroxylation sites is 1. The van der Waals surface area contributed by atoms with Crippen molar-refractivity contribution in [1.82, 2.24) is 9.78 Å². The van der Waals surface area contributed by atoms with Gasteiger partial charge in [0.05, 0.1) is 13.7 Å². The maximum absolute atomic E-state index is 13.9. The van der Waals surface area contributed by atoms with E-state index in [9.17, 15) is 9.65 Å². The fraction of sp³-hybridized carbons (Fsp3) is 0.158. The molecule has 1 heterocycles. The molecular formula is C19H17FN4O2. The zero-order valence-electron chi connectivity index (χ0n) is 14.1. The predicted octanol–water partition coefficient (Wildman–Crippen LogP) is 3.11. The highest BCUT2D eigenvalue weighted by molar-refractivity contribution is 5.55. The molecule has 7 heteroatoms. The normalized spacial score (nSPS) is 10.3. The number of rotatable bonds is 6. The van der Waals surface area contributed by atoms with Crippen LogP contribution in [0.2, 0.25) is 0 Å². The number of methoxy groups -OCH3 is 1. The molecule has 0 radical (unpaired) electrons. The van der Waals surface area contributed by atoms with E-state index in [1.807, 2.05) is 30.3 Å². The Balaban J connectivity index is 1.84. The summed E-state index contributed by atoms with van der Waals surface area (Å²) < 4.78 is 26.2. The average molecular weight is 352 g/mol. The van der Waals surface area contributed by atoms with Crippen molar-refractivity contribution >= 4 is 5.82 Å². The summed E-state index contributed by atoms with van der Waals surface area (Å²) in [6.07, 6.45) is 0. The topological polar surface area (TPSA) is 86.1 Å². The van der Waals surface area contributed by atoms with Crippen molar-refractivity contribution < 1.29 is 13.9 Å². The number of nitrogens with zero attached hydrogens (tertiary/aromatic N) is 3.